The molecule has 0 amide bonds. The summed E-state index contributed by atoms with van der Waals surface area (Å²) in [5.41, 5.74) is 9.06. The minimum Gasteiger partial charge on any atom is -0.496 e. The van der Waals surface area contributed by atoms with Crippen molar-refractivity contribution in [1.82, 2.24) is 4.98 Å². The van der Waals surface area contributed by atoms with E-state index in [4.69, 9.17) is 10.5 Å². The predicted molar refractivity (Wildman–Crippen MR) is 77.3 cm³/mol. The Balaban J connectivity index is 2.49. The van der Waals surface area contributed by atoms with Crippen LogP contribution in [0, 0.1) is 6.92 Å². The van der Waals surface area contributed by atoms with Crippen LogP contribution in [0.5, 0.6) is 5.75 Å². The van der Waals surface area contributed by atoms with Crippen molar-refractivity contribution in [2.75, 3.05) is 12.8 Å². The first-order chi connectivity index (χ1) is 8.52. The lowest BCUT2D eigenvalue weighted by atomic mass is 10.00. The van der Waals surface area contributed by atoms with Gasteiger partial charge in [-0.3, -0.25) is 0 Å². The van der Waals surface area contributed by atoms with Gasteiger partial charge in [-0.15, -0.1) is 0 Å². The molecule has 3 nitrogen and oxygen atoms in total. The van der Waals surface area contributed by atoms with Crippen molar-refractivity contribution in [2.45, 2.75) is 26.7 Å². The SMILES string of the molecule is COc1ccc(-c2nc(C)c(N)s2)cc1C(C)C. The Morgan fingerprint density at radius 1 is 1.33 bits per heavy atom. The standard InChI is InChI=1S/C14H18N2OS/c1-8(2)11-7-10(5-6-12(11)17-4)14-16-9(3)13(15)18-14/h5-8H,15H2,1-4H3. The van der Waals surface area contributed by atoms with Crippen LogP contribution in [0.2, 0.25) is 0 Å². The van der Waals surface area contributed by atoms with Gasteiger partial charge in [0.25, 0.3) is 0 Å². The van der Waals surface area contributed by atoms with E-state index in [1.165, 1.54) is 16.9 Å². The molecule has 96 valence electrons. The van der Waals surface area contributed by atoms with Gasteiger partial charge in [0.05, 0.1) is 12.8 Å². The molecule has 0 aliphatic carbocycles. The van der Waals surface area contributed by atoms with E-state index in [1.807, 2.05) is 19.1 Å². The van der Waals surface area contributed by atoms with E-state index in [-0.39, 0.29) is 0 Å². The lowest BCUT2D eigenvalue weighted by molar-refractivity contribution is 0.407. The molecule has 0 unspecified atom stereocenters. The molecule has 0 saturated heterocycles. The number of nitrogens with two attached hydrogens (primary N) is 1. The number of hydrogen-bond acceptors (Lipinski definition) is 4. The maximum atomic E-state index is 5.86. The third kappa shape index (κ3) is 2.34. The summed E-state index contributed by atoms with van der Waals surface area (Å²) in [5.74, 6) is 1.34. The van der Waals surface area contributed by atoms with Crippen LogP contribution in [-0.4, -0.2) is 12.1 Å². The third-order valence-corrected chi connectivity index (χ3v) is 3.97. The molecule has 0 atom stereocenters. The molecule has 2 aromatic rings. The molecule has 0 aliphatic rings. The second-order valence-corrected chi connectivity index (χ2v) is 5.61. The second-order valence-electron chi connectivity index (χ2n) is 4.58. The molecule has 0 aliphatic heterocycles. The van der Waals surface area contributed by atoms with Crippen molar-refractivity contribution >= 4 is 16.3 Å². The van der Waals surface area contributed by atoms with Crippen molar-refractivity contribution in [3.05, 3.63) is 29.5 Å². The highest BCUT2D eigenvalue weighted by Crippen LogP contribution is 2.34. The minimum atomic E-state index is 0.415. The topological polar surface area (TPSA) is 48.1 Å². The van der Waals surface area contributed by atoms with E-state index in [2.05, 4.69) is 24.9 Å². The number of nitrogens with zero attached hydrogens (tertiary/aromatic N) is 1. The first kappa shape index (κ1) is 12.9. The number of methoxy groups -OCH3 is 1. The molecule has 0 fully saturated rings. The monoisotopic (exact) mass is 262 g/mol. The second kappa shape index (κ2) is 4.98. The molecular formula is C14H18N2OS. The molecule has 0 spiro atoms. The Labute approximate surface area is 112 Å². The van der Waals surface area contributed by atoms with Crippen molar-refractivity contribution in [3.8, 4) is 16.3 Å². The van der Waals surface area contributed by atoms with Gasteiger partial charge in [0.15, 0.2) is 0 Å². The molecule has 0 radical (unpaired) electrons. The van der Waals surface area contributed by atoms with Gasteiger partial charge in [-0.05, 0) is 36.6 Å². The number of aromatic nitrogens is 1. The van der Waals surface area contributed by atoms with E-state index < -0.39 is 0 Å². The number of nitrogen functional groups attached to an aromatic ring is 1. The number of thiazole rings is 1. The van der Waals surface area contributed by atoms with Crippen molar-refractivity contribution in [1.29, 1.82) is 0 Å². The molecular weight excluding hydrogens is 244 g/mol. The lowest BCUT2D eigenvalue weighted by Gasteiger charge is -2.12. The summed E-state index contributed by atoms with van der Waals surface area (Å²) in [6.07, 6.45) is 0. The fourth-order valence-corrected chi connectivity index (χ4v) is 2.68. The van der Waals surface area contributed by atoms with Gasteiger partial charge in [-0.25, -0.2) is 4.98 Å². The van der Waals surface area contributed by atoms with E-state index in [1.54, 1.807) is 7.11 Å². The highest BCUT2D eigenvalue weighted by atomic mass is 32.1. The first-order valence-corrected chi connectivity index (χ1v) is 6.75. The number of hydrogen-bond donors (Lipinski definition) is 1. The van der Waals surface area contributed by atoms with Gasteiger partial charge in [-0.2, -0.15) is 0 Å². The Kier molecular flexibility index (Phi) is 3.57. The Morgan fingerprint density at radius 3 is 2.56 bits per heavy atom. The van der Waals surface area contributed by atoms with E-state index >= 15 is 0 Å². The maximum absolute atomic E-state index is 5.86. The fraction of sp³-hybridized carbons (Fsp3) is 0.357. The van der Waals surface area contributed by atoms with Crippen LogP contribution in [0.3, 0.4) is 0 Å². The van der Waals surface area contributed by atoms with Gasteiger partial charge in [0.1, 0.15) is 15.8 Å². The summed E-state index contributed by atoms with van der Waals surface area (Å²) in [7, 11) is 1.70. The molecule has 1 heterocycles. The van der Waals surface area contributed by atoms with Gasteiger partial charge in [0, 0.05) is 5.56 Å². The predicted octanol–water partition coefficient (Wildman–Crippen LogP) is 3.83. The largest absolute Gasteiger partial charge is 0.496 e. The number of ether oxygens (including phenoxy) is 1. The normalized spacial score (nSPS) is 10.9. The summed E-state index contributed by atoms with van der Waals surface area (Å²) < 4.78 is 5.38. The molecule has 0 saturated carbocycles. The average molecular weight is 262 g/mol. The molecule has 18 heavy (non-hydrogen) atoms. The minimum absolute atomic E-state index is 0.415. The Hall–Kier alpha value is -1.55. The van der Waals surface area contributed by atoms with Crippen molar-refractivity contribution < 1.29 is 4.74 Å². The quantitative estimate of drug-likeness (QED) is 0.914. The molecule has 1 aromatic heterocycles. The summed E-state index contributed by atoms with van der Waals surface area (Å²) in [4.78, 5) is 4.49. The van der Waals surface area contributed by atoms with Gasteiger partial charge < -0.3 is 10.5 Å². The number of aryl methyl sites for hydroxylation is 1. The Morgan fingerprint density at radius 2 is 2.06 bits per heavy atom. The maximum Gasteiger partial charge on any atom is 0.125 e. The van der Waals surface area contributed by atoms with Gasteiger partial charge in [0.2, 0.25) is 0 Å². The first-order valence-electron chi connectivity index (χ1n) is 5.94. The molecule has 2 rings (SSSR count). The summed E-state index contributed by atoms with van der Waals surface area (Å²) >= 11 is 1.53. The van der Waals surface area contributed by atoms with E-state index in [9.17, 15) is 0 Å². The lowest BCUT2D eigenvalue weighted by Crippen LogP contribution is -1.94. The molecule has 0 bridgehead atoms. The highest BCUT2D eigenvalue weighted by Gasteiger charge is 2.12. The number of rotatable bonds is 3. The van der Waals surface area contributed by atoms with Crippen LogP contribution in [0.15, 0.2) is 18.2 Å². The van der Waals surface area contributed by atoms with Crippen LogP contribution in [0.4, 0.5) is 5.00 Å². The zero-order chi connectivity index (χ0) is 13.3. The molecule has 4 heteroatoms. The van der Waals surface area contributed by atoms with Crippen molar-refractivity contribution in [3.63, 3.8) is 0 Å². The van der Waals surface area contributed by atoms with Crippen LogP contribution in [0.1, 0.15) is 31.0 Å². The van der Waals surface area contributed by atoms with Crippen LogP contribution < -0.4 is 10.5 Å². The van der Waals surface area contributed by atoms with Gasteiger partial charge >= 0.3 is 0 Å². The average Bonchev–Trinajstić information content (AvgIpc) is 2.68. The zero-order valence-electron chi connectivity index (χ0n) is 11.2. The number of benzene rings is 1. The fourth-order valence-electron chi connectivity index (χ4n) is 1.85. The highest BCUT2D eigenvalue weighted by molar-refractivity contribution is 7.18. The number of anilines is 1. The van der Waals surface area contributed by atoms with E-state index in [0.717, 1.165) is 27.0 Å². The zero-order valence-corrected chi connectivity index (χ0v) is 12.0. The van der Waals surface area contributed by atoms with Crippen LogP contribution >= 0.6 is 11.3 Å². The smallest absolute Gasteiger partial charge is 0.125 e. The molecule has 1 aromatic carbocycles. The van der Waals surface area contributed by atoms with Crippen LogP contribution in [-0.2, 0) is 0 Å². The van der Waals surface area contributed by atoms with Crippen LogP contribution in [0.25, 0.3) is 10.6 Å². The Bertz CT molecular complexity index is 541. The molecule has 2 N–H and O–H groups in total. The van der Waals surface area contributed by atoms with Gasteiger partial charge in [-0.1, -0.05) is 25.2 Å². The summed E-state index contributed by atoms with van der Waals surface area (Å²) in [6.45, 7) is 6.24. The summed E-state index contributed by atoms with van der Waals surface area (Å²) in [5, 5.41) is 1.75. The van der Waals surface area contributed by atoms with E-state index in [0.29, 0.717) is 5.92 Å². The van der Waals surface area contributed by atoms with Crippen molar-refractivity contribution in [2.24, 2.45) is 0 Å². The third-order valence-electron chi connectivity index (χ3n) is 2.93. The summed E-state index contributed by atoms with van der Waals surface area (Å²) in [6, 6.07) is 6.17.